The fourth-order valence-corrected chi connectivity index (χ4v) is 3.31. The fourth-order valence-electron chi connectivity index (χ4n) is 3.12. The first-order valence-corrected chi connectivity index (χ1v) is 9.53. The molecule has 1 saturated carbocycles. The van der Waals surface area contributed by atoms with E-state index in [0.29, 0.717) is 5.56 Å². The number of nitrogens with two attached hydrogens (primary N) is 1. The van der Waals surface area contributed by atoms with E-state index in [1.165, 1.54) is 18.3 Å². The van der Waals surface area contributed by atoms with Gasteiger partial charge in [0.15, 0.2) is 11.6 Å². The molecule has 0 saturated heterocycles. The topological polar surface area (TPSA) is 115 Å². The summed E-state index contributed by atoms with van der Waals surface area (Å²) in [6, 6.07) is 5.26. The number of aliphatic carboxylic acids is 1. The molecule has 4 N–H and O–H groups in total. The first-order valence-electron chi connectivity index (χ1n) is 9.15. The summed E-state index contributed by atoms with van der Waals surface area (Å²) in [6.07, 6.45) is 3.04. The number of carbonyl (C=O) groups is 2. The molecule has 1 aliphatic rings. The standard InChI is InChI=1S/C20H21ClFN3O4/c1-10(8-16(26)27)25-18(11-2-3-11)13-5-6-14(21)19(17(13)22)29-12-4-7-15(20(23)28)24-9-12/h4-7,9-11,18,25H,2-3,8H2,1H3,(H2,23,28)(H,26,27)/t10?,18-/m1/s1. The highest BCUT2D eigenvalue weighted by Gasteiger charge is 2.36. The van der Waals surface area contributed by atoms with Crippen LogP contribution in [0.25, 0.3) is 0 Å². The van der Waals surface area contributed by atoms with Crippen LogP contribution in [0.2, 0.25) is 5.02 Å². The maximum absolute atomic E-state index is 15.3. The van der Waals surface area contributed by atoms with Gasteiger partial charge in [-0.3, -0.25) is 9.59 Å². The van der Waals surface area contributed by atoms with Gasteiger partial charge in [-0.1, -0.05) is 17.7 Å². The van der Waals surface area contributed by atoms with Crippen molar-refractivity contribution in [3.8, 4) is 11.5 Å². The SMILES string of the molecule is CC(CC(=O)O)N[C@@H](c1ccc(Cl)c(Oc2ccc(C(N)=O)nc2)c1F)C1CC1. The average molecular weight is 422 g/mol. The van der Waals surface area contributed by atoms with Gasteiger partial charge in [0.1, 0.15) is 11.4 Å². The summed E-state index contributed by atoms with van der Waals surface area (Å²) >= 11 is 6.15. The molecule has 0 aliphatic heterocycles. The Kier molecular flexibility index (Phi) is 6.34. The lowest BCUT2D eigenvalue weighted by Crippen LogP contribution is -2.34. The zero-order chi connectivity index (χ0) is 21.1. The van der Waals surface area contributed by atoms with Crippen molar-refractivity contribution in [2.45, 2.75) is 38.3 Å². The molecule has 1 aromatic heterocycles. The summed E-state index contributed by atoms with van der Waals surface area (Å²) in [5.41, 5.74) is 5.58. The highest BCUT2D eigenvalue weighted by molar-refractivity contribution is 6.32. The molecule has 3 rings (SSSR count). The Morgan fingerprint density at radius 3 is 2.66 bits per heavy atom. The molecule has 29 heavy (non-hydrogen) atoms. The van der Waals surface area contributed by atoms with Crippen LogP contribution in [0.5, 0.6) is 11.5 Å². The Morgan fingerprint density at radius 1 is 1.38 bits per heavy atom. The van der Waals surface area contributed by atoms with Crippen molar-refractivity contribution in [2.75, 3.05) is 0 Å². The molecule has 0 bridgehead atoms. The van der Waals surface area contributed by atoms with Crippen molar-refractivity contribution in [3.05, 3.63) is 52.6 Å². The van der Waals surface area contributed by atoms with Crippen LogP contribution >= 0.6 is 11.6 Å². The Labute approximate surface area is 172 Å². The first-order chi connectivity index (χ1) is 13.8. The number of aromatic nitrogens is 1. The van der Waals surface area contributed by atoms with Gasteiger partial charge in [-0.25, -0.2) is 9.37 Å². The number of nitrogens with zero attached hydrogens (tertiary/aromatic N) is 1. The molecule has 2 aromatic rings. The monoisotopic (exact) mass is 421 g/mol. The minimum atomic E-state index is -0.924. The number of rotatable bonds is 9. The van der Waals surface area contributed by atoms with Crippen LogP contribution in [0.4, 0.5) is 4.39 Å². The molecule has 0 radical (unpaired) electrons. The number of primary amides is 1. The maximum atomic E-state index is 15.3. The molecule has 1 aliphatic carbocycles. The minimum absolute atomic E-state index is 0.0584. The number of carboxylic acid groups (broad SMARTS) is 1. The molecule has 7 nitrogen and oxygen atoms in total. The van der Waals surface area contributed by atoms with Gasteiger partial charge in [0, 0.05) is 17.6 Å². The lowest BCUT2D eigenvalue weighted by molar-refractivity contribution is -0.137. The lowest BCUT2D eigenvalue weighted by atomic mass is 9.99. The second-order valence-corrected chi connectivity index (χ2v) is 7.51. The van der Waals surface area contributed by atoms with E-state index in [-0.39, 0.29) is 46.6 Å². The van der Waals surface area contributed by atoms with Gasteiger partial charge >= 0.3 is 5.97 Å². The van der Waals surface area contributed by atoms with Gasteiger partial charge in [0.05, 0.1) is 17.6 Å². The van der Waals surface area contributed by atoms with E-state index in [9.17, 15) is 9.59 Å². The lowest BCUT2D eigenvalue weighted by Gasteiger charge is -2.24. The highest BCUT2D eigenvalue weighted by Crippen LogP contribution is 2.45. The number of halogens is 2. The predicted molar refractivity (Wildman–Crippen MR) is 105 cm³/mol. The Balaban J connectivity index is 1.86. The molecule has 154 valence electrons. The second kappa shape index (κ2) is 8.75. The number of nitrogens with one attached hydrogen (secondary N) is 1. The van der Waals surface area contributed by atoms with E-state index in [4.69, 9.17) is 27.2 Å². The van der Waals surface area contributed by atoms with Crippen LogP contribution < -0.4 is 15.8 Å². The Hall–Kier alpha value is -2.71. The van der Waals surface area contributed by atoms with Gasteiger partial charge in [0.25, 0.3) is 5.91 Å². The van der Waals surface area contributed by atoms with Gasteiger partial charge in [-0.2, -0.15) is 0 Å². The average Bonchev–Trinajstić information content (AvgIpc) is 3.48. The number of amides is 1. The molecular weight excluding hydrogens is 401 g/mol. The summed E-state index contributed by atoms with van der Waals surface area (Å²) in [7, 11) is 0. The van der Waals surface area contributed by atoms with Gasteiger partial charge in [0.2, 0.25) is 0 Å². The zero-order valence-corrected chi connectivity index (χ0v) is 16.4. The van der Waals surface area contributed by atoms with Crippen LogP contribution in [0, 0.1) is 11.7 Å². The predicted octanol–water partition coefficient (Wildman–Crippen LogP) is 3.67. The highest BCUT2D eigenvalue weighted by atomic mass is 35.5. The Bertz CT molecular complexity index is 919. The van der Waals surface area contributed by atoms with E-state index in [1.807, 2.05) is 0 Å². The minimum Gasteiger partial charge on any atom is -0.481 e. The molecule has 1 amide bonds. The summed E-state index contributed by atoms with van der Waals surface area (Å²) in [4.78, 5) is 25.9. The van der Waals surface area contributed by atoms with Crippen LogP contribution in [-0.2, 0) is 4.79 Å². The molecular formula is C20H21ClFN3O4. The number of carbonyl (C=O) groups excluding carboxylic acids is 1. The second-order valence-electron chi connectivity index (χ2n) is 7.11. The third-order valence-electron chi connectivity index (χ3n) is 4.66. The summed E-state index contributed by atoms with van der Waals surface area (Å²) < 4.78 is 20.9. The van der Waals surface area contributed by atoms with Crippen LogP contribution in [0.1, 0.15) is 48.3 Å². The maximum Gasteiger partial charge on any atom is 0.304 e. The van der Waals surface area contributed by atoms with Crippen LogP contribution in [-0.4, -0.2) is 28.0 Å². The van der Waals surface area contributed by atoms with Crippen molar-refractivity contribution in [1.82, 2.24) is 10.3 Å². The number of benzene rings is 1. The molecule has 1 aromatic carbocycles. The quantitative estimate of drug-likeness (QED) is 0.569. The zero-order valence-electron chi connectivity index (χ0n) is 15.7. The summed E-state index contributed by atoms with van der Waals surface area (Å²) in [6.45, 7) is 1.75. The Morgan fingerprint density at radius 2 is 2.10 bits per heavy atom. The molecule has 1 unspecified atom stereocenters. The number of hydrogen-bond donors (Lipinski definition) is 3. The van der Waals surface area contributed by atoms with E-state index in [2.05, 4.69) is 10.3 Å². The fraction of sp³-hybridized carbons (Fsp3) is 0.350. The number of pyridine rings is 1. The van der Waals surface area contributed by atoms with Crippen LogP contribution in [0.15, 0.2) is 30.5 Å². The van der Waals surface area contributed by atoms with Crippen molar-refractivity contribution in [3.63, 3.8) is 0 Å². The van der Waals surface area contributed by atoms with E-state index in [1.54, 1.807) is 19.1 Å². The summed E-state index contributed by atoms with van der Waals surface area (Å²) in [5.74, 6) is -1.97. The van der Waals surface area contributed by atoms with Crippen LogP contribution in [0.3, 0.4) is 0 Å². The van der Waals surface area contributed by atoms with E-state index < -0.39 is 17.7 Å². The molecule has 2 atom stereocenters. The van der Waals surface area contributed by atoms with Crippen molar-refractivity contribution >= 4 is 23.5 Å². The van der Waals surface area contributed by atoms with Crippen molar-refractivity contribution < 1.29 is 23.8 Å². The largest absolute Gasteiger partial charge is 0.481 e. The van der Waals surface area contributed by atoms with Crippen molar-refractivity contribution in [1.29, 1.82) is 0 Å². The third-order valence-corrected chi connectivity index (χ3v) is 4.96. The molecule has 1 fully saturated rings. The van der Waals surface area contributed by atoms with Gasteiger partial charge < -0.3 is 20.9 Å². The number of hydrogen-bond acceptors (Lipinski definition) is 5. The molecule has 0 spiro atoms. The molecule has 9 heteroatoms. The smallest absolute Gasteiger partial charge is 0.304 e. The van der Waals surface area contributed by atoms with E-state index >= 15 is 4.39 Å². The van der Waals surface area contributed by atoms with E-state index in [0.717, 1.165) is 12.8 Å². The first kappa shape index (κ1) is 21.0. The van der Waals surface area contributed by atoms with Crippen molar-refractivity contribution in [2.24, 2.45) is 11.7 Å². The summed E-state index contributed by atoms with van der Waals surface area (Å²) in [5, 5.41) is 12.3. The normalized spacial score (nSPS) is 15.6. The number of ether oxygens (including phenoxy) is 1. The third kappa shape index (κ3) is 5.21. The molecule has 1 heterocycles. The van der Waals surface area contributed by atoms with Gasteiger partial charge in [-0.15, -0.1) is 0 Å². The van der Waals surface area contributed by atoms with Gasteiger partial charge in [-0.05, 0) is 43.9 Å². The number of carboxylic acids is 1.